The fourth-order valence-electron chi connectivity index (χ4n) is 3.99. The minimum atomic E-state index is -0.846. The molecule has 172 valence electrons. The van der Waals surface area contributed by atoms with Crippen molar-refractivity contribution < 1.29 is 14.0 Å². The zero-order valence-corrected chi connectivity index (χ0v) is 18.7. The van der Waals surface area contributed by atoms with E-state index < -0.39 is 11.9 Å². The molecular weight excluding hydrogens is 457 g/mol. The molecule has 0 saturated carbocycles. The SMILES string of the molecule is Cl.N[C@H](Cc1ccc(F)cc1)C(=O)Nc1cc2c3c(c(-c4ccccc4)[nH]c3c1)C=NNC2=O. The van der Waals surface area contributed by atoms with Crippen molar-refractivity contribution in [1.82, 2.24) is 10.4 Å². The number of rotatable bonds is 5. The summed E-state index contributed by atoms with van der Waals surface area (Å²) in [5.41, 5.74) is 13.4. The Labute approximate surface area is 200 Å². The molecule has 4 aromatic rings. The number of hydrogen-bond donors (Lipinski definition) is 4. The largest absolute Gasteiger partial charge is 0.354 e. The van der Waals surface area contributed by atoms with Crippen molar-refractivity contribution in [2.24, 2.45) is 10.8 Å². The van der Waals surface area contributed by atoms with Crippen LogP contribution in [0, 0.1) is 5.82 Å². The third-order valence-electron chi connectivity index (χ3n) is 5.58. The highest BCUT2D eigenvalue weighted by molar-refractivity contribution is 6.18. The van der Waals surface area contributed by atoms with Crippen molar-refractivity contribution in [2.45, 2.75) is 12.5 Å². The monoisotopic (exact) mass is 477 g/mol. The van der Waals surface area contributed by atoms with Gasteiger partial charge in [0.25, 0.3) is 5.91 Å². The minimum Gasteiger partial charge on any atom is -0.354 e. The first-order valence-electron chi connectivity index (χ1n) is 10.4. The number of aromatic nitrogens is 1. The normalized spacial score (nSPS) is 13.1. The lowest BCUT2D eigenvalue weighted by Gasteiger charge is -2.13. The van der Waals surface area contributed by atoms with Crippen molar-refractivity contribution in [3.63, 3.8) is 0 Å². The van der Waals surface area contributed by atoms with Crippen LogP contribution in [0.3, 0.4) is 0 Å². The third kappa shape index (κ3) is 4.41. The second-order valence-electron chi connectivity index (χ2n) is 7.85. The lowest BCUT2D eigenvalue weighted by molar-refractivity contribution is -0.117. The van der Waals surface area contributed by atoms with E-state index >= 15 is 0 Å². The molecule has 1 aliphatic rings. The number of carbonyl (C=O) groups excluding carboxylic acids is 2. The van der Waals surface area contributed by atoms with Gasteiger partial charge in [0.15, 0.2) is 0 Å². The highest BCUT2D eigenvalue weighted by atomic mass is 35.5. The first-order chi connectivity index (χ1) is 16.0. The van der Waals surface area contributed by atoms with Gasteiger partial charge >= 0.3 is 0 Å². The molecule has 3 aromatic carbocycles. The predicted molar refractivity (Wildman–Crippen MR) is 133 cm³/mol. The maximum absolute atomic E-state index is 13.1. The van der Waals surface area contributed by atoms with E-state index in [1.54, 1.807) is 30.5 Å². The summed E-state index contributed by atoms with van der Waals surface area (Å²) < 4.78 is 13.1. The standard InChI is InChI=1S/C25H20FN5O2.ClH/c26-16-8-6-14(7-9-16)10-20(27)25(33)29-17-11-18-22-19(13-28-31-24(18)32)23(30-21(22)12-17)15-4-2-1-3-5-15;/h1-9,11-13,20,30H,10,27H2,(H,29,33)(H,31,32);1H/t20-;/m1./s1. The van der Waals surface area contributed by atoms with Gasteiger partial charge in [-0.2, -0.15) is 5.10 Å². The quantitative estimate of drug-likeness (QED) is 0.348. The van der Waals surface area contributed by atoms with Gasteiger partial charge < -0.3 is 16.0 Å². The number of anilines is 1. The molecule has 1 atom stereocenters. The summed E-state index contributed by atoms with van der Waals surface area (Å²) in [6.45, 7) is 0. The summed E-state index contributed by atoms with van der Waals surface area (Å²) in [5.74, 6) is -1.14. The number of benzene rings is 3. The maximum Gasteiger partial charge on any atom is 0.272 e. The summed E-state index contributed by atoms with van der Waals surface area (Å²) in [6.07, 6.45) is 1.87. The fourth-order valence-corrected chi connectivity index (χ4v) is 3.99. The van der Waals surface area contributed by atoms with E-state index in [9.17, 15) is 14.0 Å². The molecule has 0 aliphatic carbocycles. The smallest absolute Gasteiger partial charge is 0.272 e. The van der Waals surface area contributed by atoms with Gasteiger partial charge in [0.1, 0.15) is 5.82 Å². The number of nitrogens with zero attached hydrogens (tertiary/aromatic N) is 1. The zero-order chi connectivity index (χ0) is 22.9. The van der Waals surface area contributed by atoms with Crippen LogP contribution in [0.25, 0.3) is 22.2 Å². The highest BCUT2D eigenvalue weighted by Crippen LogP contribution is 2.34. The first kappa shape index (κ1) is 23.2. The van der Waals surface area contributed by atoms with Crippen LogP contribution >= 0.6 is 12.4 Å². The average Bonchev–Trinajstić information content (AvgIpc) is 3.09. The second-order valence-corrected chi connectivity index (χ2v) is 7.85. The number of nitrogens with two attached hydrogens (primary N) is 1. The molecular formula is C25H21ClFN5O2. The Hall–Kier alpha value is -4.01. The van der Waals surface area contributed by atoms with Crippen LogP contribution in [0.15, 0.2) is 71.8 Å². The third-order valence-corrected chi connectivity index (χ3v) is 5.58. The van der Waals surface area contributed by atoms with Crippen LogP contribution in [0.1, 0.15) is 21.5 Å². The van der Waals surface area contributed by atoms with Gasteiger partial charge in [0.2, 0.25) is 5.91 Å². The number of carbonyl (C=O) groups is 2. The van der Waals surface area contributed by atoms with Crippen LogP contribution in [0.5, 0.6) is 0 Å². The van der Waals surface area contributed by atoms with Gasteiger partial charge in [0.05, 0.1) is 23.5 Å². The van der Waals surface area contributed by atoms with Gasteiger partial charge in [-0.05, 0) is 41.8 Å². The molecule has 9 heteroatoms. The number of H-pyrrole nitrogens is 1. The van der Waals surface area contributed by atoms with E-state index in [0.29, 0.717) is 16.8 Å². The molecule has 0 fully saturated rings. The molecule has 1 aliphatic heterocycles. The summed E-state index contributed by atoms with van der Waals surface area (Å²) >= 11 is 0. The lowest BCUT2D eigenvalue weighted by Crippen LogP contribution is -2.37. The number of amides is 2. The Kier molecular flexibility index (Phi) is 6.45. The van der Waals surface area contributed by atoms with Crippen molar-refractivity contribution in [3.05, 3.63) is 89.2 Å². The van der Waals surface area contributed by atoms with E-state index in [2.05, 4.69) is 20.8 Å². The molecule has 0 unspecified atom stereocenters. The molecule has 0 radical (unpaired) electrons. The van der Waals surface area contributed by atoms with Crippen molar-refractivity contribution in [1.29, 1.82) is 0 Å². The van der Waals surface area contributed by atoms with E-state index in [0.717, 1.165) is 27.8 Å². The van der Waals surface area contributed by atoms with E-state index in [1.165, 1.54) is 12.1 Å². The Morgan fingerprint density at radius 1 is 1.09 bits per heavy atom. The maximum atomic E-state index is 13.1. The van der Waals surface area contributed by atoms with Gasteiger partial charge in [0, 0.05) is 22.2 Å². The highest BCUT2D eigenvalue weighted by Gasteiger charge is 2.23. The van der Waals surface area contributed by atoms with Crippen LogP contribution in [0.4, 0.5) is 10.1 Å². The number of halogens is 2. The molecule has 5 rings (SSSR count). The summed E-state index contributed by atoms with van der Waals surface area (Å²) in [6, 6.07) is 18.1. The number of nitrogens with one attached hydrogen (secondary N) is 3. The Bertz CT molecular complexity index is 1400. The fraction of sp³-hybridized carbons (Fsp3) is 0.0800. The topological polar surface area (TPSA) is 112 Å². The van der Waals surface area contributed by atoms with E-state index in [1.807, 2.05) is 30.3 Å². The molecule has 7 nitrogen and oxygen atoms in total. The molecule has 0 bridgehead atoms. The number of hydrogen-bond acceptors (Lipinski definition) is 4. The number of hydrazone groups is 1. The van der Waals surface area contributed by atoms with Crippen molar-refractivity contribution in [3.8, 4) is 11.3 Å². The molecule has 2 heterocycles. The minimum absolute atomic E-state index is 0. The molecule has 5 N–H and O–H groups in total. The lowest BCUT2D eigenvalue weighted by atomic mass is 10.0. The van der Waals surface area contributed by atoms with Crippen LogP contribution in [-0.4, -0.2) is 29.1 Å². The van der Waals surface area contributed by atoms with Gasteiger partial charge in [-0.3, -0.25) is 9.59 Å². The van der Waals surface area contributed by atoms with E-state index in [-0.39, 0.29) is 30.6 Å². The molecule has 0 saturated heterocycles. The Balaban J connectivity index is 0.00000274. The van der Waals surface area contributed by atoms with Crippen molar-refractivity contribution >= 4 is 47.0 Å². The van der Waals surface area contributed by atoms with Crippen LogP contribution in [-0.2, 0) is 11.2 Å². The first-order valence-corrected chi connectivity index (χ1v) is 10.4. The zero-order valence-electron chi connectivity index (χ0n) is 17.8. The molecule has 1 aromatic heterocycles. The molecule has 34 heavy (non-hydrogen) atoms. The Morgan fingerprint density at radius 2 is 1.82 bits per heavy atom. The Morgan fingerprint density at radius 3 is 2.56 bits per heavy atom. The van der Waals surface area contributed by atoms with Crippen LogP contribution < -0.4 is 16.5 Å². The van der Waals surface area contributed by atoms with Gasteiger partial charge in [-0.15, -0.1) is 12.4 Å². The summed E-state index contributed by atoms with van der Waals surface area (Å²) in [4.78, 5) is 28.8. The number of aromatic amines is 1. The summed E-state index contributed by atoms with van der Waals surface area (Å²) in [7, 11) is 0. The van der Waals surface area contributed by atoms with Crippen molar-refractivity contribution in [2.75, 3.05) is 5.32 Å². The second kappa shape index (κ2) is 9.46. The molecule has 0 spiro atoms. The molecule has 2 amide bonds. The van der Waals surface area contributed by atoms with Gasteiger partial charge in [-0.1, -0.05) is 42.5 Å². The predicted octanol–water partition coefficient (Wildman–Crippen LogP) is 3.98. The van der Waals surface area contributed by atoms with Gasteiger partial charge in [-0.25, -0.2) is 9.82 Å². The van der Waals surface area contributed by atoms with E-state index in [4.69, 9.17) is 5.73 Å². The summed E-state index contributed by atoms with van der Waals surface area (Å²) in [5, 5.41) is 7.56. The average molecular weight is 478 g/mol. The van der Waals surface area contributed by atoms with Crippen LogP contribution in [0.2, 0.25) is 0 Å².